The average Bonchev–Trinajstić information content (AvgIpc) is 2.33. The van der Waals surface area contributed by atoms with Gasteiger partial charge in [-0.3, -0.25) is 14.9 Å². The highest BCUT2D eigenvalue weighted by atomic mass is 16.3. The second-order valence-corrected chi connectivity index (χ2v) is 3.74. The molecule has 1 aromatic carbocycles. The Morgan fingerprint density at radius 1 is 1.41 bits per heavy atom. The minimum atomic E-state index is -0.479. The molecule has 0 aliphatic carbocycles. The number of para-hydroxylation sites is 2. The predicted octanol–water partition coefficient (Wildman–Crippen LogP) is -0.581. The Balaban J connectivity index is 1.98. The lowest BCUT2D eigenvalue weighted by Crippen LogP contribution is -2.56. The van der Waals surface area contributed by atoms with E-state index in [1.165, 1.54) is 6.07 Å². The second kappa shape index (κ2) is 4.84. The lowest BCUT2D eigenvalue weighted by atomic mass is 10.2. The number of piperazine rings is 1. The van der Waals surface area contributed by atoms with Crippen molar-refractivity contribution in [2.75, 3.05) is 18.4 Å². The highest BCUT2D eigenvalue weighted by Gasteiger charge is 2.24. The van der Waals surface area contributed by atoms with Crippen molar-refractivity contribution in [3.8, 4) is 5.75 Å². The number of phenolic OH excluding ortho intramolecular Hbond substituents is 1. The number of aromatic hydroxyl groups is 1. The summed E-state index contributed by atoms with van der Waals surface area (Å²) >= 11 is 0. The van der Waals surface area contributed by atoms with E-state index in [1.54, 1.807) is 18.2 Å². The zero-order valence-electron chi connectivity index (χ0n) is 9.06. The number of amides is 2. The molecule has 2 amide bonds. The molecular weight excluding hydrogens is 222 g/mol. The fourth-order valence-electron chi connectivity index (χ4n) is 1.55. The first-order valence-electron chi connectivity index (χ1n) is 5.26. The van der Waals surface area contributed by atoms with Crippen LogP contribution in [0.3, 0.4) is 0 Å². The molecule has 1 saturated heterocycles. The third kappa shape index (κ3) is 2.73. The summed E-state index contributed by atoms with van der Waals surface area (Å²) in [5, 5.41) is 17.5. The van der Waals surface area contributed by atoms with Gasteiger partial charge in [-0.05, 0) is 12.1 Å². The van der Waals surface area contributed by atoms with Crippen LogP contribution in [0.2, 0.25) is 0 Å². The molecule has 0 radical (unpaired) electrons. The first-order chi connectivity index (χ1) is 8.16. The highest BCUT2D eigenvalue weighted by molar-refractivity contribution is 5.97. The van der Waals surface area contributed by atoms with Crippen molar-refractivity contribution in [1.29, 1.82) is 0 Å². The first-order valence-corrected chi connectivity index (χ1v) is 5.26. The molecule has 0 saturated carbocycles. The Morgan fingerprint density at radius 2 is 2.18 bits per heavy atom. The van der Waals surface area contributed by atoms with E-state index in [0.29, 0.717) is 5.69 Å². The quantitative estimate of drug-likeness (QED) is 0.516. The number of hydrogen-bond donors (Lipinski definition) is 4. The largest absolute Gasteiger partial charge is 0.506 e. The minimum Gasteiger partial charge on any atom is -0.506 e. The van der Waals surface area contributed by atoms with Crippen LogP contribution in [0.1, 0.15) is 0 Å². The maximum absolute atomic E-state index is 11.8. The maximum Gasteiger partial charge on any atom is 0.243 e. The van der Waals surface area contributed by atoms with Crippen LogP contribution in [0.25, 0.3) is 0 Å². The zero-order chi connectivity index (χ0) is 12.3. The summed E-state index contributed by atoms with van der Waals surface area (Å²) in [6.45, 7) is 0.372. The van der Waals surface area contributed by atoms with Crippen LogP contribution in [0.5, 0.6) is 5.75 Å². The number of phenols is 1. The molecular formula is C11H13N3O3. The molecule has 0 bridgehead atoms. The molecule has 1 fully saturated rings. The van der Waals surface area contributed by atoms with Gasteiger partial charge in [0, 0.05) is 6.54 Å². The van der Waals surface area contributed by atoms with Crippen molar-refractivity contribution in [3.05, 3.63) is 24.3 Å². The van der Waals surface area contributed by atoms with Gasteiger partial charge < -0.3 is 15.7 Å². The predicted molar refractivity (Wildman–Crippen MR) is 61.5 cm³/mol. The topological polar surface area (TPSA) is 90.5 Å². The number of nitrogens with one attached hydrogen (secondary N) is 3. The van der Waals surface area contributed by atoms with Crippen molar-refractivity contribution in [2.45, 2.75) is 6.04 Å². The fourth-order valence-corrected chi connectivity index (χ4v) is 1.55. The van der Waals surface area contributed by atoms with Crippen molar-refractivity contribution in [2.24, 2.45) is 0 Å². The van der Waals surface area contributed by atoms with Gasteiger partial charge in [-0.15, -0.1) is 0 Å². The first kappa shape index (κ1) is 11.4. The second-order valence-electron chi connectivity index (χ2n) is 3.74. The van der Waals surface area contributed by atoms with E-state index in [1.807, 2.05) is 0 Å². The van der Waals surface area contributed by atoms with E-state index in [0.717, 1.165) is 0 Å². The van der Waals surface area contributed by atoms with Crippen LogP contribution < -0.4 is 16.0 Å². The van der Waals surface area contributed by atoms with E-state index in [9.17, 15) is 14.7 Å². The molecule has 1 aliphatic heterocycles. The van der Waals surface area contributed by atoms with E-state index >= 15 is 0 Å². The van der Waals surface area contributed by atoms with Gasteiger partial charge in [0.05, 0.1) is 12.2 Å². The van der Waals surface area contributed by atoms with E-state index in [-0.39, 0.29) is 30.7 Å². The normalized spacial score (nSPS) is 19.5. The number of rotatable bonds is 2. The summed E-state index contributed by atoms with van der Waals surface area (Å²) in [5.41, 5.74) is 0.358. The molecule has 17 heavy (non-hydrogen) atoms. The Labute approximate surface area is 98.0 Å². The SMILES string of the molecule is O=C1CNC(C(=O)Nc2ccccc2O)CN1. The van der Waals surface area contributed by atoms with Crippen LogP contribution in [0.4, 0.5) is 5.69 Å². The smallest absolute Gasteiger partial charge is 0.243 e. The molecule has 1 aliphatic rings. The Hall–Kier alpha value is -2.08. The fraction of sp³-hybridized carbons (Fsp3) is 0.273. The van der Waals surface area contributed by atoms with Gasteiger partial charge in [0.2, 0.25) is 11.8 Å². The van der Waals surface area contributed by atoms with Crippen molar-refractivity contribution in [3.63, 3.8) is 0 Å². The molecule has 0 aromatic heterocycles. The molecule has 1 unspecified atom stereocenters. The molecule has 90 valence electrons. The van der Waals surface area contributed by atoms with Crippen LogP contribution in [-0.2, 0) is 9.59 Å². The summed E-state index contributed by atoms with van der Waals surface area (Å²) < 4.78 is 0. The number of carbonyl (C=O) groups excluding carboxylic acids is 2. The van der Waals surface area contributed by atoms with Crippen LogP contribution in [0, 0.1) is 0 Å². The third-order valence-electron chi connectivity index (χ3n) is 2.49. The molecule has 1 heterocycles. The summed E-state index contributed by atoms with van der Waals surface area (Å²) in [7, 11) is 0. The molecule has 1 aromatic rings. The van der Waals surface area contributed by atoms with Crippen molar-refractivity contribution >= 4 is 17.5 Å². The molecule has 0 spiro atoms. The van der Waals surface area contributed by atoms with Gasteiger partial charge >= 0.3 is 0 Å². The van der Waals surface area contributed by atoms with Gasteiger partial charge in [0.1, 0.15) is 11.8 Å². The van der Waals surface area contributed by atoms with E-state index in [4.69, 9.17) is 0 Å². The monoisotopic (exact) mass is 235 g/mol. The van der Waals surface area contributed by atoms with Crippen LogP contribution in [-0.4, -0.2) is 36.1 Å². The summed E-state index contributed by atoms with van der Waals surface area (Å²) in [6.07, 6.45) is 0. The number of carbonyl (C=O) groups is 2. The van der Waals surface area contributed by atoms with Gasteiger partial charge in [-0.2, -0.15) is 0 Å². The summed E-state index contributed by atoms with van der Waals surface area (Å²) in [6, 6.07) is 6.00. The molecule has 6 nitrogen and oxygen atoms in total. The van der Waals surface area contributed by atoms with Gasteiger partial charge in [0.25, 0.3) is 0 Å². The Morgan fingerprint density at radius 3 is 2.82 bits per heavy atom. The lowest BCUT2D eigenvalue weighted by molar-refractivity contribution is -0.124. The van der Waals surface area contributed by atoms with E-state index < -0.39 is 6.04 Å². The van der Waals surface area contributed by atoms with Crippen molar-refractivity contribution < 1.29 is 14.7 Å². The lowest BCUT2D eigenvalue weighted by Gasteiger charge is -2.23. The number of benzene rings is 1. The maximum atomic E-state index is 11.8. The average molecular weight is 235 g/mol. The zero-order valence-corrected chi connectivity index (χ0v) is 9.06. The summed E-state index contributed by atoms with van der Waals surface area (Å²) in [5.74, 6) is -0.399. The van der Waals surface area contributed by atoms with Crippen LogP contribution >= 0.6 is 0 Å². The Kier molecular flexibility index (Phi) is 3.24. The van der Waals surface area contributed by atoms with Crippen LogP contribution in [0.15, 0.2) is 24.3 Å². The van der Waals surface area contributed by atoms with Gasteiger partial charge in [-0.1, -0.05) is 12.1 Å². The molecule has 1 atom stereocenters. The molecule has 2 rings (SSSR count). The van der Waals surface area contributed by atoms with Gasteiger partial charge in [-0.25, -0.2) is 0 Å². The Bertz CT molecular complexity index is 437. The highest BCUT2D eigenvalue weighted by Crippen LogP contribution is 2.21. The number of anilines is 1. The number of hydrogen-bond acceptors (Lipinski definition) is 4. The minimum absolute atomic E-state index is 0.0145. The van der Waals surface area contributed by atoms with Crippen molar-refractivity contribution in [1.82, 2.24) is 10.6 Å². The third-order valence-corrected chi connectivity index (χ3v) is 2.49. The summed E-state index contributed by atoms with van der Waals surface area (Å²) in [4.78, 5) is 22.7. The standard InChI is InChI=1S/C11H13N3O3/c15-9-4-2-1-3-7(9)14-11(17)8-5-13-10(16)6-12-8/h1-4,8,12,15H,5-6H2,(H,13,16)(H,14,17). The van der Waals surface area contributed by atoms with Gasteiger partial charge in [0.15, 0.2) is 0 Å². The van der Waals surface area contributed by atoms with E-state index in [2.05, 4.69) is 16.0 Å². The molecule has 6 heteroatoms. The molecule has 4 N–H and O–H groups in total.